The molecular formula is C21H30N2O2. The molecule has 0 radical (unpaired) electrons. The minimum atomic E-state index is 0.0765. The number of nitrogens with zero attached hydrogens (tertiary/aromatic N) is 1. The normalized spacial score (nSPS) is 18.6. The van der Waals surface area contributed by atoms with E-state index in [1.165, 1.54) is 36.9 Å². The molecule has 1 aromatic heterocycles. The topological polar surface area (TPSA) is 45.5 Å². The highest BCUT2D eigenvalue weighted by Crippen LogP contribution is 2.25. The molecule has 0 saturated carbocycles. The summed E-state index contributed by atoms with van der Waals surface area (Å²) in [4.78, 5) is 14.8. The molecule has 4 heteroatoms. The summed E-state index contributed by atoms with van der Waals surface area (Å²) in [7, 11) is 0. The number of aryl methyl sites for hydroxylation is 2. The van der Waals surface area contributed by atoms with Gasteiger partial charge in [-0.2, -0.15) is 0 Å². The van der Waals surface area contributed by atoms with Gasteiger partial charge >= 0.3 is 0 Å². The summed E-state index contributed by atoms with van der Waals surface area (Å²) in [6, 6.07) is 4.86. The van der Waals surface area contributed by atoms with Crippen LogP contribution in [0.3, 0.4) is 0 Å². The molecule has 1 aromatic carbocycles. The molecule has 1 unspecified atom stereocenters. The van der Waals surface area contributed by atoms with E-state index < -0.39 is 0 Å². The van der Waals surface area contributed by atoms with E-state index in [1.54, 1.807) is 6.26 Å². The first-order valence-electron chi connectivity index (χ1n) is 9.52. The number of likely N-dealkylation sites (tertiary alicyclic amines) is 1. The summed E-state index contributed by atoms with van der Waals surface area (Å²) >= 11 is 0. The summed E-state index contributed by atoms with van der Waals surface area (Å²) in [6.45, 7) is 9.50. The van der Waals surface area contributed by atoms with Crippen LogP contribution in [0.1, 0.15) is 49.3 Å². The largest absolute Gasteiger partial charge is 0.464 e. The second-order valence-corrected chi connectivity index (χ2v) is 7.45. The molecule has 1 aliphatic heterocycles. The molecule has 2 aromatic rings. The van der Waals surface area contributed by atoms with E-state index in [4.69, 9.17) is 4.42 Å². The number of benzene rings is 1. The second-order valence-electron chi connectivity index (χ2n) is 7.45. The quantitative estimate of drug-likeness (QED) is 0.808. The van der Waals surface area contributed by atoms with Crippen LogP contribution in [0.4, 0.5) is 0 Å². The van der Waals surface area contributed by atoms with E-state index in [1.807, 2.05) is 6.07 Å². The molecule has 3 rings (SSSR count). The number of carbonyl (C=O) groups is 1. The maximum absolute atomic E-state index is 12.3. The highest BCUT2D eigenvalue weighted by Gasteiger charge is 2.17. The third kappa shape index (κ3) is 4.43. The summed E-state index contributed by atoms with van der Waals surface area (Å²) in [5.74, 6) is 0.0765. The number of carbonyl (C=O) groups excluding carboxylic acids is 1. The fourth-order valence-corrected chi connectivity index (χ4v) is 3.71. The monoisotopic (exact) mass is 342 g/mol. The number of hydrogen-bond donors (Lipinski definition) is 1. The molecule has 2 heterocycles. The number of piperidine rings is 1. The van der Waals surface area contributed by atoms with Gasteiger partial charge < -0.3 is 14.6 Å². The average molecular weight is 342 g/mol. The van der Waals surface area contributed by atoms with Crippen molar-refractivity contribution in [1.82, 2.24) is 10.2 Å². The van der Waals surface area contributed by atoms with Crippen LogP contribution in [-0.4, -0.2) is 36.5 Å². The van der Waals surface area contributed by atoms with Gasteiger partial charge in [0.05, 0.1) is 12.7 Å². The van der Waals surface area contributed by atoms with Crippen molar-refractivity contribution in [3.8, 4) is 0 Å². The molecule has 1 fully saturated rings. The fraction of sp³-hybridized carbons (Fsp3) is 0.571. The van der Waals surface area contributed by atoms with Crippen LogP contribution in [0, 0.1) is 13.8 Å². The zero-order valence-electron chi connectivity index (χ0n) is 15.7. The molecule has 1 aliphatic rings. The van der Waals surface area contributed by atoms with E-state index in [-0.39, 0.29) is 5.91 Å². The number of hydrogen-bond acceptors (Lipinski definition) is 3. The molecule has 0 spiro atoms. The molecule has 4 nitrogen and oxygen atoms in total. The van der Waals surface area contributed by atoms with Gasteiger partial charge in [0.2, 0.25) is 5.91 Å². The highest BCUT2D eigenvalue weighted by molar-refractivity contribution is 5.88. The molecule has 25 heavy (non-hydrogen) atoms. The maximum atomic E-state index is 12.3. The SMILES string of the molecule is Cc1cc2occ(CC(=O)NCCCN3CCCCC3C)c2cc1C. The Morgan fingerprint density at radius 3 is 2.88 bits per heavy atom. The average Bonchev–Trinajstić information content (AvgIpc) is 2.95. The lowest BCUT2D eigenvalue weighted by atomic mass is 10.0. The molecule has 1 N–H and O–H groups in total. The van der Waals surface area contributed by atoms with Gasteiger partial charge in [0, 0.05) is 30.1 Å². The Morgan fingerprint density at radius 2 is 2.08 bits per heavy atom. The predicted molar refractivity (Wildman–Crippen MR) is 102 cm³/mol. The number of rotatable bonds is 6. The summed E-state index contributed by atoms with van der Waals surface area (Å²) in [5, 5.41) is 4.11. The smallest absolute Gasteiger partial charge is 0.224 e. The second kappa shape index (κ2) is 8.05. The van der Waals surface area contributed by atoms with Crippen molar-refractivity contribution in [2.24, 2.45) is 0 Å². The Bertz CT molecular complexity index is 735. The zero-order valence-corrected chi connectivity index (χ0v) is 15.7. The third-order valence-electron chi connectivity index (χ3n) is 5.51. The number of amides is 1. The van der Waals surface area contributed by atoms with Crippen molar-refractivity contribution >= 4 is 16.9 Å². The van der Waals surface area contributed by atoms with Crippen LogP contribution in [0.15, 0.2) is 22.8 Å². The first kappa shape index (κ1) is 18.0. The van der Waals surface area contributed by atoms with Gasteiger partial charge in [0.1, 0.15) is 5.58 Å². The maximum Gasteiger partial charge on any atom is 0.224 e. The van der Waals surface area contributed by atoms with E-state index in [0.29, 0.717) is 12.5 Å². The standard InChI is InChI=1S/C21H30N2O2/c1-15-11-19-18(14-25-20(19)12-16(15)2)13-21(24)22-8-6-10-23-9-5-4-7-17(23)3/h11-12,14,17H,4-10,13H2,1-3H3,(H,22,24). The van der Waals surface area contributed by atoms with E-state index in [2.05, 4.69) is 37.1 Å². The molecule has 0 aliphatic carbocycles. The molecule has 1 amide bonds. The minimum Gasteiger partial charge on any atom is -0.464 e. The van der Waals surface area contributed by atoms with Crippen molar-refractivity contribution < 1.29 is 9.21 Å². The van der Waals surface area contributed by atoms with Crippen LogP contribution in [-0.2, 0) is 11.2 Å². The Morgan fingerprint density at radius 1 is 1.28 bits per heavy atom. The van der Waals surface area contributed by atoms with Crippen molar-refractivity contribution in [3.05, 3.63) is 35.1 Å². The highest BCUT2D eigenvalue weighted by atomic mass is 16.3. The van der Waals surface area contributed by atoms with Gasteiger partial charge in [-0.3, -0.25) is 4.79 Å². The molecule has 0 bridgehead atoms. The lowest BCUT2D eigenvalue weighted by Crippen LogP contribution is -2.39. The van der Waals surface area contributed by atoms with Crippen LogP contribution in [0.2, 0.25) is 0 Å². The predicted octanol–water partition coefficient (Wildman–Crippen LogP) is 3.97. The first-order chi connectivity index (χ1) is 12.0. The van der Waals surface area contributed by atoms with Crippen molar-refractivity contribution in [1.29, 1.82) is 0 Å². The van der Waals surface area contributed by atoms with Gasteiger partial charge in [-0.1, -0.05) is 6.42 Å². The van der Waals surface area contributed by atoms with Crippen LogP contribution in [0.25, 0.3) is 11.0 Å². The zero-order chi connectivity index (χ0) is 17.8. The third-order valence-corrected chi connectivity index (χ3v) is 5.51. The van der Waals surface area contributed by atoms with Gasteiger partial charge in [-0.15, -0.1) is 0 Å². The number of nitrogens with one attached hydrogen (secondary N) is 1. The lowest BCUT2D eigenvalue weighted by molar-refractivity contribution is -0.120. The molecule has 1 saturated heterocycles. The molecule has 136 valence electrons. The first-order valence-corrected chi connectivity index (χ1v) is 9.52. The van der Waals surface area contributed by atoms with Gasteiger partial charge in [0.25, 0.3) is 0 Å². The van der Waals surface area contributed by atoms with Gasteiger partial charge in [-0.05, 0) is 69.8 Å². The Kier molecular flexibility index (Phi) is 5.79. The van der Waals surface area contributed by atoms with Crippen molar-refractivity contribution in [2.45, 2.75) is 58.9 Å². The van der Waals surface area contributed by atoms with Crippen LogP contribution < -0.4 is 5.32 Å². The van der Waals surface area contributed by atoms with Crippen LogP contribution >= 0.6 is 0 Å². The van der Waals surface area contributed by atoms with Gasteiger partial charge in [0.15, 0.2) is 0 Å². The summed E-state index contributed by atoms with van der Waals surface area (Å²) in [6.07, 6.45) is 7.09. The lowest BCUT2D eigenvalue weighted by Gasteiger charge is -2.33. The van der Waals surface area contributed by atoms with Gasteiger partial charge in [-0.25, -0.2) is 0 Å². The van der Waals surface area contributed by atoms with E-state index in [9.17, 15) is 4.79 Å². The summed E-state index contributed by atoms with van der Waals surface area (Å²) < 4.78 is 5.62. The summed E-state index contributed by atoms with van der Waals surface area (Å²) in [5.41, 5.74) is 4.28. The fourth-order valence-electron chi connectivity index (χ4n) is 3.71. The van der Waals surface area contributed by atoms with Crippen molar-refractivity contribution in [2.75, 3.05) is 19.6 Å². The van der Waals surface area contributed by atoms with E-state index >= 15 is 0 Å². The molecule has 1 atom stereocenters. The van der Waals surface area contributed by atoms with Crippen LogP contribution in [0.5, 0.6) is 0 Å². The Hall–Kier alpha value is -1.81. The van der Waals surface area contributed by atoms with E-state index in [0.717, 1.165) is 36.0 Å². The minimum absolute atomic E-state index is 0.0765. The van der Waals surface area contributed by atoms with Crippen molar-refractivity contribution in [3.63, 3.8) is 0 Å². The number of furan rings is 1. The Balaban J connectivity index is 1.47. The number of fused-ring (bicyclic) bond motifs is 1. The Labute approximate surface area is 150 Å². The molecular weight excluding hydrogens is 312 g/mol.